The standard InChI is InChI=1S/C23H32N2O3/c1-28-16-15-25-22(27)19-12-6-5-11-18(19)20(23(25)13-7-2-8-14-23)21(26)24-17-9-3-4-10-17/h5-6,11-12,17,20H,2-4,7-10,13-16H2,1H3,(H,24,26)/t20-/m0/s1. The lowest BCUT2D eigenvalue weighted by atomic mass is 9.65. The number of nitrogens with zero attached hydrogens (tertiary/aromatic N) is 1. The predicted molar refractivity (Wildman–Crippen MR) is 108 cm³/mol. The van der Waals surface area contributed by atoms with E-state index in [2.05, 4.69) is 5.32 Å². The number of carbonyl (C=O) groups excluding carboxylic acids is 2. The Kier molecular flexibility index (Phi) is 5.72. The molecular weight excluding hydrogens is 352 g/mol. The summed E-state index contributed by atoms with van der Waals surface area (Å²) in [6, 6.07) is 8.02. The lowest BCUT2D eigenvalue weighted by molar-refractivity contribution is -0.128. The van der Waals surface area contributed by atoms with Gasteiger partial charge in [0.1, 0.15) is 0 Å². The van der Waals surface area contributed by atoms with Crippen LogP contribution in [-0.2, 0) is 9.53 Å². The van der Waals surface area contributed by atoms with Gasteiger partial charge in [0, 0.05) is 25.3 Å². The van der Waals surface area contributed by atoms with Gasteiger partial charge in [0.05, 0.1) is 18.1 Å². The number of rotatable bonds is 5. The Morgan fingerprint density at radius 1 is 1.14 bits per heavy atom. The molecule has 0 radical (unpaired) electrons. The minimum absolute atomic E-state index is 0.0551. The van der Waals surface area contributed by atoms with Crippen molar-refractivity contribution in [1.29, 1.82) is 0 Å². The molecule has 2 fully saturated rings. The van der Waals surface area contributed by atoms with E-state index < -0.39 is 5.54 Å². The highest BCUT2D eigenvalue weighted by Gasteiger charge is 2.54. The highest BCUT2D eigenvalue weighted by atomic mass is 16.5. The SMILES string of the molecule is COCCN1C(=O)c2ccccc2[C@@H](C(=O)NC2CCCC2)C12CCCCC2. The van der Waals surface area contributed by atoms with E-state index >= 15 is 0 Å². The van der Waals surface area contributed by atoms with Crippen LogP contribution in [0.1, 0.15) is 79.6 Å². The van der Waals surface area contributed by atoms with E-state index in [4.69, 9.17) is 4.74 Å². The fourth-order valence-electron chi connectivity index (χ4n) is 5.71. The molecule has 1 heterocycles. The third kappa shape index (κ3) is 3.34. The van der Waals surface area contributed by atoms with Crippen molar-refractivity contribution < 1.29 is 14.3 Å². The van der Waals surface area contributed by atoms with E-state index in [1.807, 2.05) is 29.2 Å². The zero-order chi connectivity index (χ0) is 19.6. The van der Waals surface area contributed by atoms with Crippen molar-refractivity contribution >= 4 is 11.8 Å². The van der Waals surface area contributed by atoms with E-state index in [-0.39, 0.29) is 23.8 Å². The summed E-state index contributed by atoms with van der Waals surface area (Å²) in [4.78, 5) is 29.1. The Morgan fingerprint density at radius 2 is 1.86 bits per heavy atom. The number of nitrogens with one attached hydrogen (secondary N) is 1. The van der Waals surface area contributed by atoms with Gasteiger partial charge < -0.3 is 15.0 Å². The highest BCUT2D eigenvalue weighted by molar-refractivity contribution is 6.02. The van der Waals surface area contributed by atoms with Crippen LogP contribution < -0.4 is 5.32 Å². The van der Waals surface area contributed by atoms with E-state index in [0.29, 0.717) is 18.7 Å². The van der Waals surface area contributed by atoms with Gasteiger partial charge in [-0.25, -0.2) is 0 Å². The van der Waals surface area contributed by atoms with E-state index in [1.165, 1.54) is 19.3 Å². The maximum atomic E-state index is 13.6. The van der Waals surface area contributed by atoms with Crippen molar-refractivity contribution in [1.82, 2.24) is 10.2 Å². The predicted octanol–water partition coefficient (Wildman–Crippen LogP) is 3.63. The highest BCUT2D eigenvalue weighted by Crippen LogP contribution is 2.49. The quantitative estimate of drug-likeness (QED) is 0.843. The van der Waals surface area contributed by atoms with Gasteiger partial charge in [0.25, 0.3) is 5.91 Å². The Labute approximate surface area is 167 Å². The molecule has 1 aromatic carbocycles. The molecule has 1 atom stereocenters. The average molecular weight is 385 g/mol. The normalized spacial score (nSPS) is 24.4. The zero-order valence-electron chi connectivity index (χ0n) is 16.9. The van der Waals surface area contributed by atoms with Gasteiger partial charge in [0.2, 0.25) is 5.91 Å². The molecular formula is C23H32N2O3. The summed E-state index contributed by atoms with van der Waals surface area (Å²) in [6.45, 7) is 1.03. The van der Waals surface area contributed by atoms with Crippen molar-refractivity contribution in [3.05, 3.63) is 35.4 Å². The third-order valence-corrected chi connectivity index (χ3v) is 7.02. The van der Waals surface area contributed by atoms with Crippen molar-refractivity contribution in [2.45, 2.75) is 75.3 Å². The van der Waals surface area contributed by atoms with Crippen LogP contribution in [0.25, 0.3) is 0 Å². The number of benzene rings is 1. The smallest absolute Gasteiger partial charge is 0.254 e. The first-order valence-electron chi connectivity index (χ1n) is 10.9. The molecule has 2 amide bonds. The summed E-state index contributed by atoms with van der Waals surface area (Å²) >= 11 is 0. The Hall–Kier alpha value is -1.88. The summed E-state index contributed by atoms with van der Waals surface area (Å²) in [7, 11) is 1.67. The van der Waals surface area contributed by atoms with Gasteiger partial charge >= 0.3 is 0 Å². The molecule has 2 saturated carbocycles. The van der Waals surface area contributed by atoms with Crippen molar-refractivity contribution in [3.63, 3.8) is 0 Å². The second-order valence-electron chi connectivity index (χ2n) is 8.62. The van der Waals surface area contributed by atoms with Crippen LogP contribution >= 0.6 is 0 Å². The van der Waals surface area contributed by atoms with E-state index in [0.717, 1.165) is 44.1 Å². The maximum Gasteiger partial charge on any atom is 0.254 e. The molecule has 3 aliphatic rings. The second kappa shape index (κ2) is 8.24. The van der Waals surface area contributed by atoms with E-state index in [1.54, 1.807) is 7.11 Å². The number of methoxy groups -OCH3 is 1. The van der Waals surface area contributed by atoms with Crippen LogP contribution in [0.5, 0.6) is 0 Å². The molecule has 5 heteroatoms. The summed E-state index contributed by atoms with van der Waals surface area (Å²) in [5.74, 6) is -0.130. The van der Waals surface area contributed by atoms with E-state index in [9.17, 15) is 9.59 Å². The largest absolute Gasteiger partial charge is 0.383 e. The summed E-state index contributed by atoms with van der Waals surface area (Å²) in [5.41, 5.74) is 1.17. The maximum absolute atomic E-state index is 13.6. The van der Waals surface area contributed by atoms with Crippen LogP contribution in [0.3, 0.4) is 0 Å². The monoisotopic (exact) mass is 384 g/mol. The molecule has 1 spiro atoms. The van der Waals surface area contributed by atoms with Crippen molar-refractivity contribution in [2.24, 2.45) is 0 Å². The third-order valence-electron chi connectivity index (χ3n) is 7.02. The molecule has 1 aromatic rings. The summed E-state index contributed by atoms with van der Waals surface area (Å²) in [5, 5.41) is 3.34. The minimum atomic E-state index is -0.426. The fraction of sp³-hybridized carbons (Fsp3) is 0.652. The number of amides is 2. The van der Waals surface area contributed by atoms with Crippen LogP contribution in [0, 0.1) is 0 Å². The Bertz CT molecular complexity index is 720. The van der Waals surface area contributed by atoms with Gasteiger partial charge in [-0.2, -0.15) is 0 Å². The van der Waals surface area contributed by atoms with Gasteiger partial charge in [0.15, 0.2) is 0 Å². The van der Waals surface area contributed by atoms with Crippen LogP contribution in [0.2, 0.25) is 0 Å². The molecule has 0 saturated heterocycles. The molecule has 1 N–H and O–H groups in total. The second-order valence-corrected chi connectivity index (χ2v) is 8.62. The van der Waals surface area contributed by atoms with Crippen molar-refractivity contribution in [2.75, 3.05) is 20.3 Å². The van der Waals surface area contributed by atoms with Gasteiger partial charge in [-0.1, -0.05) is 50.3 Å². The van der Waals surface area contributed by atoms with Gasteiger partial charge in [-0.05, 0) is 37.3 Å². The molecule has 152 valence electrons. The molecule has 2 aliphatic carbocycles. The number of carbonyl (C=O) groups is 2. The summed E-state index contributed by atoms with van der Waals surface area (Å²) in [6.07, 6.45) is 9.59. The topological polar surface area (TPSA) is 58.6 Å². The average Bonchev–Trinajstić information content (AvgIpc) is 3.22. The van der Waals surface area contributed by atoms with Crippen molar-refractivity contribution in [3.8, 4) is 0 Å². The van der Waals surface area contributed by atoms with Crippen LogP contribution in [-0.4, -0.2) is 48.6 Å². The van der Waals surface area contributed by atoms with Crippen LogP contribution in [0.4, 0.5) is 0 Å². The lowest BCUT2D eigenvalue weighted by Crippen LogP contribution is -2.63. The number of fused-ring (bicyclic) bond motifs is 1. The van der Waals surface area contributed by atoms with Gasteiger partial charge in [-0.15, -0.1) is 0 Å². The Balaban J connectivity index is 1.76. The number of ether oxygens (including phenoxy) is 1. The first kappa shape index (κ1) is 19.4. The first-order chi connectivity index (χ1) is 13.7. The molecule has 4 rings (SSSR count). The molecule has 0 bridgehead atoms. The molecule has 1 aliphatic heterocycles. The first-order valence-corrected chi connectivity index (χ1v) is 10.9. The lowest BCUT2D eigenvalue weighted by Gasteiger charge is -2.53. The molecule has 0 unspecified atom stereocenters. The number of hydrogen-bond donors (Lipinski definition) is 1. The molecule has 5 nitrogen and oxygen atoms in total. The molecule has 0 aromatic heterocycles. The zero-order valence-corrected chi connectivity index (χ0v) is 16.9. The summed E-state index contributed by atoms with van der Waals surface area (Å²) < 4.78 is 5.32. The van der Waals surface area contributed by atoms with Gasteiger partial charge in [-0.3, -0.25) is 9.59 Å². The van der Waals surface area contributed by atoms with Crippen LogP contribution in [0.15, 0.2) is 24.3 Å². The molecule has 28 heavy (non-hydrogen) atoms. The fourth-order valence-corrected chi connectivity index (χ4v) is 5.71. The Morgan fingerprint density at radius 3 is 2.57 bits per heavy atom. The minimum Gasteiger partial charge on any atom is -0.383 e. The number of hydrogen-bond acceptors (Lipinski definition) is 3.